The van der Waals surface area contributed by atoms with Gasteiger partial charge in [0.25, 0.3) is 0 Å². The zero-order chi connectivity index (χ0) is 15.9. The Bertz CT molecular complexity index is 493. The summed E-state index contributed by atoms with van der Waals surface area (Å²) in [6.45, 7) is 3.72. The topological polar surface area (TPSA) is 70.6 Å². The first-order chi connectivity index (χ1) is 10.6. The summed E-state index contributed by atoms with van der Waals surface area (Å²) in [6, 6.07) is 7.45. The molecule has 0 radical (unpaired) electrons. The van der Waals surface area contributed by atoms with Crippen molar-refractivity contribution in [3.05, 3.63) is 29.8 Å². The third kappa shape index (κ3) is 4.63. The van der Waals surface area contributed by atoms with Gasteiger partial charge in [-0.2, -0.15) is 0 Å². The van der Waals surface area contributed by atoms with Crippen LogP contribution in [0.4, 0.5) is 4.79 Å². The highest BCUT2D eigenvalue weighted by molar-refractivity contribution is 5.74. The first kappa shape index (κ1) is 16.6. The fourth-order valence-electron chi connectivity index (χ4n) is 2.73. The van der Waals surface area contributed by atoms with E-state index in [4.69, 9.17) is 9.84 Å². The lowest BCUT2D eigenvalue weighted by molar-refractivity contribution is 0.115. The quantitative estimate of drug-likeness (QED) is 0.782. The average Bonchev–Trinajstić information content (AvgIpc) is 2.51. The fraction of sp³-hybridized carbons (Fsp3) is 0.588. The number of para-hydroxylation sites is 1. The highest BCUT2D eigenvalue weighted by Gasteiger charge is 2.28. The highest BCUT2D eigenvalue weighted by Crippen LogP contribution is 2.26. The Morgan fingerprint density at radius 3 is 2.82 bits per heavy atom. The SMILES string of the molecule is Cc1ccccc1OC1CCCCC1NC(=O)N[C@@H](C)CO. The molecule has 0 bridgehead atoms. The molecule has 5 heteroatoms. The molecule has 0 heterocycles. The normalized spacial score (nSPS) is 22.7. The van der Waals surface area contributed by atoms with Crippen LogP contribution in [0.5, 0.6) is 5.75 Å². The molecule has 22 heavy (non-hydrogen) atoms. The van der Waals surface area contributed by atoms with Crippen LogP contribution >= 0.6 is 0 Å². The van der Waals surface area contributed by atoms with E-state index in [1.165, 1.54) is 0 Å². The first-order valence-corrected chi connectivity index (χ1v) is 8.00. The zero-order valence-electron chi connectivity index (χ0n) is 13.3. The summed E-state index contributed by atoms with van der Waals surface area (Å²) in [5, 5.41) is 14.7. The Morgan fingerprint density at radius 1 is 1.36 bits per heavy atom. The van der Waals surface area contributed by atoms with Gasteiger partial charge >= 0.3 is 6.03 Å². The van der Waals surface area contributed by atoms with E-state index in [1.54, 1.807) is 6.92 Å². The summed E-state index contributed by atoms with van der Waals surface area (Å²) in [5.74, 6) is 0.880. The van der Waals surface area contributed by atoms with E-state index < -0.39 is 0 Å². The van der Waals surface area contributed by atoms with Gasteiger partial charge in [0.15, 0.2) is 0 Å². The molecule has 1 aliphatic rings. The van der Waals surface area contributed by atoms with Crippen molar-refractivity contribution in [2.24, 2.45) is 0 Å². The predicted octanol–water partition coefficient (Wildman–Crippen LogP) is 2.37. The number of carbonyl (C=O) groups is 1. The molecular weight excluding hydrogens is 280 g/mol. The molecule has 3 atom stereocenters. The minimum absolute atomic E-state index is 0.000695. The number of hydrogen-bond donors (Lipinski definition) is 3. The molecule has 122 valence electrons. The van der Waals surface area contributed by atoms with Crippen LogP contribution < -0.4 is 15.4 Å². The number of aliphatic hydroxyl groups excluding tert-OH is 1. The molecule has 0 aliphatic heterocycles. The summed E-state index contributed by atoms with van der Waals surface area (Å²) in [5.41, 5.74) is 1.10. The maximum atomic E-state index is 12.0. The third-order valence-electron chi connectivity index (χ3n) is 4.04. The lowest BCUT2D eigenvalue weighted by atomic mass is 9.92. The molecule has 2 amide bonds. The summed E-state index contributed by atoms with van der Waals surface area (Å²) >= 11 is 0. The van der Waals surface area contributed by atoms with Crippen molar-refractivity contribution in [1.82, 2.24) is 10.6 Å². The van der Waals surface area contributed by atoms with Gasteiger partial charge in [-0.3, -0.25) is 0 Å². The van der Waals surface area contributed by atoms with Gasteiger partial charge in [0.1, 0.15) is 11.9 Å². The Morgan fingerprint density at radius 2 is 2.09 bits per heavy atom. The monoisotopic (exact) mass is 306 g/mol. The van der Waals surface area contributed by atoms with E-state index in [9.17, 15) is 4.79 Å². The second kappa shape index (κ2) is 8.03. The van der Waals surface area contributed by atoms with Crippen molar-refractivity contribution in [1.29, 1.82) is 0 Å². The predicted molar refractivity (Wildman–Crippen MR) is 86.1 cm³/mol. The lowest BCUT2D eigenvalue weighted by Gasteiger charge is -2.33. The summed E-state index contributed by atoms with van der Waals surface area (Å²) in [7, 11) is 0. The van der Waals surface area contributed by atoms with Crippen molar-refractivity contribution in [3.8, 4) is 5.75 Å². The van der Waals surface area contributed by atoms with Crippen LogP contribution in [0.25, 0.3) is 0 Å². The number of rotatable bonds is 5. The second-order valence-corrected chi connectivity index (χ2v) is 6.01. The van der Waals surface area contributed by atoms with Gasteiger partial charge in [0, 0.05) is 0 Å². The Balaban J connectivity index is 1.96. The van der Waals surface area contributed by atoms with Gasteiger partial charge in [-0.05, 0) is 44.7 Å². The minimum Gasteiger partial charge on any atom is -0.488 e. The van der Waals surface area contributed by atoms with Crippen LogP contribution in [-0.2, 0) is 0 Å². The summed E-state index contributed by atoms with van der Waals surface area (Å²) in [6.07, 6.45) is 4.05. The van der Waals surface area contributed by atoms with Crippen molar-refractivity contribution in [2.45, 2.75) is 57.7 Å². The smallest absolute Gasteiger partial charge is 0.315 e. The summed E-state index contributed by atoms with van der Waals surface area (Å²) < 4.78 is 6.14. The third-order valence-corrected chi connectivity index (χ3v) is 4.04. The fourth-order valence-corrected chi connectivity index (χ4v) is 2.73. The lowest BCUT2D eigenvalue weighted by Crippen LogP contribution is -2.52. The number of hydrogen-bond acceptors (Lipinski definition) is 3. The number of urea groups is 1. The van der Waals surface area contributed by atoms with Gasteiger partial charge in [-0.15, -0.1) is 0 Å². The molecule has 0 aromatic heterocycles. The molecule has 1 aromatic rings. The standard InChI is InChI=1S/C17H26N2O3/c1-12-7-3-5-9-15(12)22-16-10-6-4-8-14(16)19-17(21)18-13(2)11-20/h3,5,7,9,13-14,16,20H,4,6,8,10-11H2,1-2H3,(H2,18,19,21)/t13-,14?,16?/m0/s1. The van der Waals surface area contributed by atoms with Crippen LogP contribution in [0.15, 0.2) is 24.3 Å². The van der Waals surface area contributed by atoms with Crippen LogP contribution in [0, 0.1) is 6.92 Å². The average molecular weight is 306 g/mol. The van der Waals surface area contributed by atoms with Crippen molar-refractivity contribution in [3.63, 3.8) is 0 Å². The highest BCUT2D eigenvalue weighted by atomic mass is 16.5. The molecule has 0 spiro atoms. The molecule has 1 fully saturated rings. The van der Waals surface area contributed by atoms with Gasteiger partial charge in [-0.1, -0.05) is 24.6 Å². The maximum Gasteiger partial charge on any atom is 0.315 e. The van der Waals surface area contributed by atoms with Crippen LogP contribution in [0.3, 0.4) is 0 Å². The number of aryl methyl sites for hydroxylation is 1. The van der Waals surface area contributed by atoms with Crippen molar-refractivity contribution < 1.29 is 14.6 Å². The van der Waals surface area contributed by atoms with Gasteiger partial charge in [0.2, 0.25) is 0 Å². The Hall–Kier alpha value is -1.75. The van der Waals surface area contributed by atoms with E-state index in [-0.39, 0.29) is 30.8 Å². The van der Waals surface area contributed by atoms with E-state index in [0.717, 1.165) is 37.0 Å². The molecule has 1 saturated carbocycles. The Kier molecular flexibility index (Phi) is 6.07. The molecule has 2 rings (SSSR count). The van der Waals surface area contributed by atoms with E-state index >= 15 is 0 Å². The van der Waals surface area contributed by atoms with E-state index in [2.05, 4.69) is 10.6 Å². The molecule has 2 unspecified atom stereocenters. The van der Waals surface area contributed by atoms with Gasteiger partial charge in [-0.25, -0.2) is 4.79 Å². The number of benzene rings is 1. The largest absolute Gasteiger partial charge is 0.488 e. The Labute approximate surface area is 132 Å². The molecule has 1 aliphatic carbocycles. The van der Waals surface area contributed by atoms with Gasteiger partial charge in [0.05, 0.1) is 18.7 Å². The molecule has 5 nitrogen and oxygen atoms in total. The van der Waals surface area contributed by atoms with Crippen LogP contribution in [-0.4, -0.2) is 35.9 Å². The first-order valence-electron chi connectivity index (χ1n) is 8.00. The summed E-state index contributed by atoms with van der Waals surface area (Å²) in [4.78, 5) is 12.0. The second-order valence-electron chi connectivity index (χ2n) is 6.01. The molecular formula is C17H26N2O3. The molecule has 1 aromatic carbocycles. The maximum absolute atomic E-state index is 12.0. The van der Waals surface area contributed by atoms with Crippen molar-refractivity contribution in [2.75, 3.05) is 6.61 Å². The molecule has 0 saturated heterocycles. The number of ether oxygens (including phenoxy) is 1. The number of aliphatic hydroxyl groups is 1. The minimum atomic E-state index is -0.251. The van der Waals surface area contributed by atoms with E-state index in [1.807, 2.05) is 31.2 Å². The zero-order valence-corrected chi connectivity index (χ0v) is 13.3. The molecule has 3 N–H and O–H groups in total. The van der Waals surface area contributed by atoms with E-state index in [0.29, 0.717) is 0 Å². The number of carbonyl (C=O) groups excluding carboxylic acids is 1. The van der Waals surface area contributed by atoms with Crippen LogP contribution in [0.1, 0.15) is 38.2 Å². The van der Waals surface area contributed by atoms with Crippen molar-refractivity contribution >= 4 is 6.03 Å². The number of nitrogens with one attached hydrogen (secondary N) is 2. The van der Waals surface area contributed by atoms with Gasteiger partial charge < -0.3 is 20.5 Å². The van der Waals surface area contributed by atoms with Crippen LogP contribution in [0.2, 0.25) is 0 Å². The number of amides is 2.